The van der Waals surface area contributed by atoms with E-state index in [1.54, 1.807) is 39.3 Å². The van der Waals surface area contributed by atoms with E-state index in [1.807, 2.05) is 0 Å². The van der Waals surface area contributed by atoms with E-state index in [-0.39, 0.29) is 18.3 Å². The standard InChI is InChI=1S/C13H19N3O4/c1-8(12(14)16-18)13(17)15-7-9-4-5-10(19-2)6-11(9)20-3/h4-6,8,18H,7H2,1-3H3,(H2,14,16)(H,15,17). The Balaban J connectivity index is 2.72. The van der Waals surface area contributed by atoms with Crippen LogP contribution in [0.15, 0.2) is 23.4 Å². The monoisotopic (exact) mass is 281 g/mol. The molecule has 0 heterocycles. The van der Waals surface area contributed by atoms with Gasteiger partial charge in [-0.1, -0.05) is 5.16 Å². The average Bonchev–Trinajstić information content (AvgIpc) is 2.50. The lowest BCUT2D eigenvalue weighted by molar-refractivity contribution is -0.122. The van der Waals surface area contributed by atoms with Crippen LogP contribution < -0.4 is 20.5 Å². The van der Waals surface area contributed by atoms with Crippen molar-refractivity contribution in [2.24, 2.45) is 16.8 Å². The fourth-order valence-electron chi connectivity index (χ4n) is 1.55. The number of carbonyl (C=O) groups excluding carboxylic acids is 1. The third kappa shape index (κ3) is 3.78. The van der Waals surface area contributed by atoms with Crippen LogP contribution in [0.25, 0.3) is 0 Å². The Hall–Kier alpha value is -2.44. The third-order valence-corrected chi connectivity index (χ3v) is 2.90. The molecule has 1 amide bonds. The number of nitrogens with zero attached hydrogens (tertiary/aromatic N) is 1. The summed E-state index contributed by atoms with van der Waals surface area (Å²) in [5.41, 5.74) is 6.18. The molecule has 0 saturated carbocycles. The van der Waals surface area contributed by atoms with Crippen LogP contribution in [-0.2, 0) is 11.3 Å². The van der Waals surface area contributed by atoms with Gasteiger partial charge in [0.25, 0.3) is 0 Å². The minimum absolute atomic E-state index is 0.135. The van der Waals surface area contributed by atoms with E-state index in [9.17, 15) is 4.79 Å². The van der Waals surface area contributed by atoms with Crippen molar-refractivity contribution in [2.45, 2.75) is 13.5 Å². The summed E-state index contributed by atoms with van der Waals surface area (Å²) in [7, 11) is 3.11. The number of rotatable bonds is 6. The van der Waals surface area contributed by atoms with Crippen molar-refractivity contribution >= 4 is 11.7 Å². The highest BCUT2D eigenvalue weighted by molar-refractivity contribution is 6.01. The zero-order valence-corrected chi connectivity index (χ0v) is 11.7. The van der Waals surface area contributed by atoms with E-state index < -0.39 is 5.92 Å². The third-order valence-electron chi connectivity index (χ3n) is 2.90. The van der Waals surface area contributed by atoms with Gasteiger partial charge in [0.15, 0.2) is 5.84 Å². The van der Waals surface area contributed by atoms with Gasteiger partial charge in [0.2, 0.25) is 5.91 Å². The van der Waals surface area contributed by atoms with E-state index in [1.165, 1.54) is 0 Å². The molecule has 1 aromatic carbocycles. The average molecular weight is 281 g/mol. The number of carbonyl (C=O) groups is 1. The highest BCUT2D eigenvalue weighted by Gasteiger charge is 2.17. The molecule has 110 valence electrons. The lowest BCUT2D eigenvalue weighted by Crippen LogP contribution is -2.36. The van der Waals surface area contributed by atoms with Crippen LogP contribution in [0, 0.1) is 5.92 Å². The summed E-state index contributed by atoms with van der Waals surface area (Å²) in [5, 5.41) is 14.0. The van der Waals surface area contributed by atoms with Gasteiger partial charge in [-0.25, -0.2) is 0 Å². The van der Waals surface area contributed by atoms with Crippen molar-refractivity contribution in [3.8, 4) is 11.5 Å². The first-order valence-electron chi connectivity index (χ1n) is 5.99. The second-order valence-electron chi connectivity index (χ2n) is 4.14. The highest BCUT2D eigenvalue weighted by atomic mass is 16.5. The first-order chi connectivity index (χ1) is 9.53. The van der Waals surface area contributed by atoms with E-state index >= 15 is 0 Å². The molecule has 0 aromatic heterocycles. The largest absolute Gasteiger partial charge is 0.497 e. The van der Waals surface area contributed by atoms with E-state index in [4.69, 9.17) is 20.4 Å². The molecule has 7 nitrogen and oxygen atoms in total. The molecule has 0 bridgehead atoms. The molecule has 1 rings (SSSR count). The molecule has 0 aliphatic carbocycles. The maximum absolute atomic E-state index is 11.8. The minimum atomic E-state index is -0.704. The molecule has 0 spiro atoms. The lowest BCUT2D eigenvalue weighted by Gasteiger charge is -2.13. The normalized spacial score (nSPS) is 12.7. The molecule has 1 unspecified atom stereocenters. The van der Waals surface area contributed by atoms with Crippen molar-refractivity contribution in [2.75, 3.05) is 14.2 Å². The number of amidine groups is 1. The number of hydrogen-bond acceptors (Lipinski definition) is 5. The Labute approximate surface area is 117 Å². The summed E-state index contributed by atoms with van der Waals surface area (Å²) >= 11 is 0. The zero-order valence-electron chi connectivity index (χ0n) is 11.7. The van der Waals surface area contributed by atoms with Gasteiger partial charge in [-0.05, 0) is 19.1 Å². The number of amides is 1. The minimum Gasteiger partial charge on any atom is -0.497 e. The number of methoxy groups -OCH3 is 2. The topological polar surface area (TPSA) is 106 Å². The Bertz CT molecular complexity index is 502. The van der Waals surface area contributed by atoms with Crippen LogP contribution in [0.5, 0.6) is 11.5 Å². The number of oxime groups is 1. The number of ether oxygens (including phenoxy) is 2. The zero-order chi connectivity index (χ0) is 15.1. The van der Waals surface area contributed by atoms with Crippen LogP contribution in [0.1, 0.15) is 12.5 Å². The number of nitrogens with one attached hydrogen (secondary N) is 1. The van der Waals surface area contributed by atoms with Crippen LogP contribution in [0.4, 0.5) is 0 Å². The second kappa shape index (κ2) is 7.22. The van der Waals surface area contributed by atoms with Crippen molar-refractivity contribution < 1.29 is 19.5 Å². The Morgan fingerprint density at radius 2 is 2.15 bits per heavy atom. The van der Waals surface area contributed by atoms with Crippen LogP contribution in [0.3, 0.4) is 0 Å². The predicted octanol–water partition coefficient (Wildman–Crippen LogP) is 0.702. The van der Waals surface area contributed by atoms with Gasteiger partial charge >= 0.3 is 0 Å². The lowest BCUT2D eigenvalue weighted by atomic mass is 10.1. The number of nitrogens with two attached hydrogens (primary N) is 1. The first kappa shape index (κ1) is 15.6. The maximum atomic E-state index is 11.8. The highest BCUT2D eigenvalue weighted by Crippen LogP contribution is 2.24. The van der Waals surface area contributed by atoms with Gasteiger partial charge in [0, 0.05) is 18.2 Å². The summed E-state index contributed by atoms with van der Waals surface area (Å²) in [6.07, 6.45) is 0. The molecule has 4 N–H and O–H groups in total. The molecule has 0 fully saturated rings. The van der Waals surface area contributed by atoms with Gasteiger partial charge in [0.05, 0.1) is 20.1 Å². The molecule has 0 aliphatic heterocycles. The van der Waals surface area contributed by atoms with E-state index in [0.717, 1.165) is 5.56 Å². The Morgan fingerprint density at radius 3 is 2.70 bits per heavy atom. The summed E-state index contributed by atoms with van der Waals surface area (Å²) < 4.78 is 10.3. The first-order valence-corrected chi connectivity index (χ1v) is 5.99. The van der Waals surface area contributed by atoms with E-state index in [2.05, 4.69) is 10.5 Å². The fourth-order valence-corrected chi connectivity index (χ4v) is 1.55. The van der Waals surface area contributed by atoms with Gasteiger partial charge < -0.3 is 25.7 Å². The van der Waals surface area contributed by atoms with Gasteiger partial charge in [0.1, 0.15) is 11.5 Å². The van der Waals surface area contributed by atoms with Crippen molar-refractivity contribution in [1.82, 2.24) is 5.32 Å². The van der Waals surface area contributed by atoms with Crippen molar-refractivity contribution in [3.05, 3.63) is 23.8 Å². The molecule has 0 aliphatic rings. The fraction of sp³-hybridized carbons (Fsp3) is 0.385. The quantitative estimate of drug-likeness (QED) is 0.308. The molecule has 1 aromatic rings. The molecule has 20 heavy (non-hydrogen) atoms. The summed E-state index contributed by atoms with van der Waals surface area (Å²) in [4.78, 5) is 11.8. The number of benzene rings is 1. The van der Waals surface area contributed by atoms with Crippen LogP contribution in [0.2, 0.25) is 0 Å². The SMILES string of the molecule is COc1ccc(CNC(=O)C(C)C(N)=NO)c(OC)c1. The van der Waals surface area contributed by atoms with Gasteiger partial charge in [-0.2, -0.15) is 0 Å². The van der Waals surface area contributed by atoms with Crippen molar-refractivity contribution in [3.63, 3.8) is 0 Å². The van der Waals surface area contributed by atoms with Gasteiger partial charge in [-0.15, -0.1) is 0 Å². The summed E-state index contributed by atoms with van der Waals surface area (Å²) in [6.45, 7) is 1.82. The van der Waals surface area contributed by atoms with Crippen LogP contribution >= 0.6 is 0 Å². The molecule has 0 saturated heterocycles. The van der Waals surface area contributed by atoms with Crippen LogP contribution in [-0.4, -0.2) is 31.2 Å². The Kier molecular flexibility index (Phi) is 5.64. The smallest absolute Gasteiger partial charge is 0.230 e. The molecule has 7 heteroatoms. The molecule has 1 atom stereocenters. The van der Waals surface area contributed by atoms with Gasteiger partial charge in [-0.3, -0.25) is 4.79 Å². The van der Waals surface area contributed by atoms with Crippen molar-refractivity contribution in [1.29, 1.82) is 0 Å². The summed E-state index contributed by atoms with van der Waals surface area (Å²) in [5.74, 6) is 0.106. The second-order valence-corrected chi connectivity index (χ2v) is 4.14. The molecular weight excluding hydrogens is 262 g/mol. The maximum Gasteiger partial charge on any atom is 0.230 e. The summed E-state index contributed by atoms with van der Waals surface area (Å²) in [6, 6.07) is 5.30. The molecule has 0 radical (unpaired) electrons. The van der Waals surface area contributed by atoms with E-state index in [0.29, 0.717) is 11.5 Å². The predicted molar refractivity (Wildman–Crippen MR) is 74.0 cm³/mol. The number of hydrogen-bond donors (Lipinski definition) is 3. The Morgan fingerprint density at radius 1 is 1.45 bits per heavy atom. The molecular formula is C13H19N3O4.